The molecule has 0 radical (unpaired) electrons. The summed E-state index contributed by atoms with van der Waals surface area (Å²) in [6, 6.07) is 0.384. The monoisotopic (exact) mass is 336 g/mol. The Balaban J connectivity index is 1.44. The van der Waals surface area contributed by atoms with Crippen LogP contribution in [-0.2, 0) is 10.0 Å². The number of sulfonamides is 1. The molecule has 0 amide bonds. The van der Waals surface area contributed by atoms with Crippen molar-refractivity contribution in [2.45, 2.75) is 37.0 Å². The Morgan fingerprint density at radius 2 is 2.00 bits per heavy atom. The zero-order chi connectivity index (χ0) is 16.2. The molecule has 0 atom stereocenters. The molecule has 2 aliphatic rings. The fourth-order valence-electron chi connectivity index (χ4n) is 4.03. The number of imidazole rings is 1. The second-order valence-corrected chi connectivity index (χ2v) is 8.92. The van der Waals surface area contributed by atoms with Crippen LogP contribution in [-0.4, -0.2) is 53.7 Å². The van der Waals surface area contributed by atoms with Crippen molar-refractivity contribution in [1.29, 1.82) is 0 Å². The lowest BCUT2D eigenvalue weighted by Gasteiger charge is -2.59. The molecular weight excluding hydrogens is 316 g/mol. The highest BCUT2D eigenvalue weighted by Crippen LogP contribution is 2.59. The van der Waals surface area contributed by atoms with Crippen molar-refractivity contribution in [3.8, 4) is 0 Å². The average Bonchev–Trinajstić information content (AvgIpc) is 2.92. The van der Waals surface area contributed by atoms with Gasteiger partial charge in [-0.25, -0.2) is 28.1 Å². The van der Waals surface area contributed by atoms with E-state index in [2.05, 4.69) is 29.6 Å². The van der Waals surface area contributed by atoms with E-state index in [9.17, 15) is 8.42 Å². The van der Waals surface area contributed by atoms with Gasteiger partial charge in [-0.1, -0.05) is 0 Å². The molecule has 0 unspecified atom stereocenters. The van der Waals surface area contributed by atoms with Gasteiger partial charge < -0.3 is 9.88 Å². The number of aromatic amines is 1. The second-order valence-electron chi connectivity index (χ2n) is 6.75. The molecule has 0 aromatic carbocycles. The van der Waals surface area contributed by atoms with Crippen molar-refractivity contribution in [3.63, 3.8) is 0 Å². The Labute approximate surface area is 134 Å². The summed E-state index contributed by atoms with van der Waals surface area (Å²) in [5.74, 6) is 0.853. The van der Waals surface area contributed by atoms with E-state index in [0.717, 1.165) is 37.0 Å². The predicted octanol–water partition coefficient (Wildman–Crippen LogP) is 0.649. The summed E-state index contributed by atoms with van der Waals surface area (Å²) in [6.45, 7) is 0. The number of rotatable bonds is 4. The highest BCUT2D eigenvalue weighted by Gasteiger charge is 2.57. The highest BCUT2D eigenvalue weighted by molar-refractivity contribution is 7.90. The van der Waals surface area contributed by atoms with Gasteiger partial charge in [0.1, 0.15) is 11.8 Å². The first-order chi connectivity index (χ1) is 10.9. The van der Waals surface area contributed by atoms with Crippen molar-refractivity contribution in [3.05, 3.63) is 12.7 Å². The number of hydrogen-bond donors (Lipinski definition) is 2. The van der Waals surface area contributed by atoms with E-state index < -0.39 is 10.0 Å². The van der Waals surface area contributed by atoms with E-state index in [-0.39, 0.29) is 10.7 Å². The zero-order valence-electron chi connectivity index (χ0n) is 13.2. The predicted molar refractivity (Wildman–Crippen MR) is 86.5 cm³/mol. The van der Waals surface area contributed by atoms with Gasteiger partial charge in [0.2, 0.25) is 10.0 Å². The van der Waals surface area contributed by atoms with Crippen LogP contribution in [0.2, 0.25) is 0 Å². The number of aromatic nitrogens is 4. The van der Waals surface area contributed by atoms with Crippen LogP contribution in [0.1, 0.15) is 25.7 Å². The van der Waals surface area contributed by atoms with Crippen LogP contribution < -0.4 is 9.62 Å². The van der Waals surface area contributed by atoms with Crippen molar-refractivity contribution in [2.75, 3.05) is 19.0 Å². The van der Waals surface area contributed by atoms with Crippen LogP contribution in [0.15, 0.2) is 12.7 Å². The van der Waals surface area contributed by atoms with Crippen LogP contribution in [0.4, 0.5) is 5.82 Å². The maximum absolute atomic E-state index is 11.8. The fraction of sp³-hybridized carbons (Fsp3) is 0.643. The van der Waals surface area contributed by atoms with Crippen molar-refractivity contribution in [2.24, 2.45) is 5.41 Å². The molecular formula is C14H20N6O2S. The standard InChI is InChI=1S/C14H20N6O2S/c1-15-23(21,22)10-5-14(6-10)3-9(4-14)20(2)13-11-12(17-7-16-11)18-8-19-13/h7-10,15H,3-6H2,1-2H3,(H,16,17,18,19). The molecule has 2 heterocycles. The molecule has 2 aromatic rings. The van der Waals surface area contributed by atoms with Crippen LogP contribution in [0.3, 0.4) is 0 Å². The lowest BCUT2D eigenvalue weighted by Crippen LogP contribution is -2.59. The molecule has 9 heteroatoms. The molecule has 1 spiro atoms. The molecule has 0 aliphatic heterocycles. The quantitative estimate of drug-likeness (QED) is 0.849. The fourth-order valence-corrected chi connectivity index (χ4v) is 5.51. The normalized spacial score (nSPS) is 30.2. The van der Waals surface area contributed by atoms with Gasteiger partial charge in [0.05, 0.1) is 11.6 Å². The van der Waals surface area contributed by atoms with Gasteiger partial charge in [-0.05, 0) is 38.1 Å². The third-order valence-electron chi connectivity index (χ3n) is 5.47. The minimum absolute atomic E-state index is 0.202. The van der Waals surface area contributed by atoms with Gasteiger partial charge >= 0.3 is 0 Å². The molecule has 2 aliphatic carbocycles. The maximum atomic E-state index is 11.8. The number of H-pyrrole nitrogens is 1. The first-order valence-electron chi connectivity index (χ1n) is 7.73. The minimum atomic E-state index is -3.12. The van der Waals surface area contributed by atoms with Gasteiger partial charge in [-0.2, -0.15) is 0 Å². The molecule has 23 heavy (non-hydrogen) atoms. The number of fused-ring (bicyclic) bond motifs is 1. The smallest absolute Gasteiger partial charge is 0.214 e. The Kier molecular flexibility index (Phi) is 3.14. The summed E-state index contributed by atoms with van der Waals surface area (Å²) in [6.07, 6.45) is 6.71. The number of nitrogens with one attached hydrogen (secondary N) is 2. The van der Waals surface area contributed by atoms with Crippen molar-refractivity contribution in [1.82, 2.24) is 24.7 Å². The van der Waals surface area contributed by atoms with E-state index in [1.165, 1.54) is 13.4 Å². The topological polar surface area (TPSA) is 104 Å². The molecule has 0 bridgehead atoms. The molecule has 2 saturated carbocycles. The molecule has 0 saturated heterocycles. The lowest BCUT2D eigenvalue weighted by atomic mass is 9.53. The average molecular weight is 336 g/mol. The molecule has 124 valence electrons. The molecule has 2 fully saturated rings. The second kappa shape index (κ2) is 4.88. The van der Waals surface area contributed by atoms with Crippen molar-refractivity contribution >= 4 is 27.0 Å². The number of hydrogen-bond acceptors (Lipinski definition) is 6. The molecule has 2 aromatic heterocycles. The number of nitrogens with zero attached hydrogens (tertiary/aromatic N) is 4. The van der Waals surface area contributed by atoms with E-state index in [4.69, 9.17) is 0 Å². The largest absolute Gasteiger partial charge is 0.355 e. The van der Waals surface area contributed by atoms with Gasteiger partial charge in [-0.3, -0.25) is 0 Å². The van der Waals surface area contributed by atoms with Crippen LogP contribution in [0, 0.1) is 5.41 Å². The summed E-state index contributed by atoms with van der Waals surface area (Å²) in [7, 11) is 0.400. The Hall–Kier alpha value is -1.74. The maximum Gasteiger partial charge on any atom is 0.214 e. The van der Waals surface area contributed by atoms with Crippen LogP contribution in [0.5, 0.6) is 0 Å². The Morgan fingerprint density at radius 1 is 1.26 bits per heavy atom. The zero-order valence-corrected chi connectivity index (χ0v) is 14.0. The summed E-state index contributed by atoms with van der Waals surface area (Å²) in [5.41, 5.74) is 1.72. The third-order valence-corrected chi connectivity index (χ3v) is 7.25. The van der Waals surface area contributed by atoms with Crippen molar-refractivity contribution < 1.29 is 8.42 Å². The van der Waals surface area contributed by atoms with E-state index in [1.807, 2.05) is 7.05 Å². The van der Waals surface area contributed by atoms with Gasteiger partial charge in [0.25, 0.3) is 0 Å². The number of anilines is 1. The minimum Gasteiger partial charge on any atom is -0.355 e. The highest BCUT2D eigenvalue weighted by atomic mass is 32.2. The first kappa shape index (κ1) is 14.8. The van der Waals surface area contributed by atoms with Crippen LogP contribution in [0.25, 0.3) is 11.2 Å². The first-order valence-corrected chi connectivity index (χ1v) is 9.28. The summed E-state index contributed by atoms with van der Waals surface area (Å²) >= 11 is 0. The van der Waals surface area contributed by atoms with E-state index in [0.29, 0.717) is 11.7 Å². The third kappa shape index (κ3) is 2.21. The van der Waals surface area contributed by atoms with E-state index >= 15 is 0 Å². The van der Waals surface area contributed by atoms with Gasteiger partial charge in [-0.15, -0.1) is 0 Å². The summed E-state index contributed by atoms with van der Waals surface area (Å²) in [4.78, 5) is 17.9. The lowest BCUT2D eigenvalue weighted by molar-refractivity contribution is 0.0135. The summed E-state index contributed by atoms with van der Waals surface area (Å²) in [5, 5.41) is -0.225. The molecule has 8 nitrogen and oxygen atoms in total. The Morgan fingerprint density at radius 3 is 2.70 bits per heavy atom. The van der Waals surface area contributed by atoms with Gasteiger partial charge in [0.15, 0.2) is 11.5 Å². The molecule has 4 rings (SSSR count). The van der Waals surface area contributed by atoms with Gasteiger partial charge in [0, 0.05) is 13.1 Å². The SMILES string of the molecule is CNS(=O)(=O)C1CC2(CC(N(C)c3ncnc4nc[nH]c34)C2)C1. The Bertz CT molecular complexity index is 834. The van der Waals surface area contributed by atoms with Crippen LogP contribution >= 0.6 is 0 Å². The summed E-state index contributed by atoms with van der Waals surface area (Å²) < 4.78 is 26.1. The molecule has 2 N–H and O–H groups in total. The van der Waals surface area contributed by atoms with E-state index in [1.54, 1.807) is 6.33 Å².